The van der Waals surface area contributed by atoms with E-state index in [0.717, 1.165) is 0 Å². The maximum absolute atomic E-state index is 13.5. The molecule has 0 radical (unpaired) electrons. The quantitative estimate of drug-likeness (QED) is 0.478. The molecule has 7 heteroatoms. The fourth-order valence-corrected chi connectivity index (χ4v) is 3.30. The first kappa shape index (κ1) is 20.5. The van der Waals surface area contributed by atoms with E-state index >= 15 is 0 Å². The summed E-state index contributed by atoms with van der Waals surface area (Å²) in [5.41, 5.74) is 1.71. The van der Waals surface area contributed by atoms with Crippen LogP contribution in [0.3, 0.4) is 0 Å². The van der Waals surface area contributed by atoms with Gasteiger partial charge in [0.15, 0.2) is 0 Å². The minimum atomic E-state index is -0.435. The van der Waals surface area contributed by atoms with Crippen LogP contribution in [0.5, 0.6) is 0 Å². The van der Waals surface area contributed by atoms with Crippen LogP contribution in [0, 0.1) is 12.7 Å². The number of amides is 1. The molecule has 0 saturated carbocycles. The Morgan fingerprint density at radius 1 is 0.968 bits per heavy atom. The average Bonchev–Trinajstić information content (AvgIpc) is 2.78. The number of hydrogen-bond donors (Lipinski definition) is 1. The standard InChI is InChI=1S/C24H17ClFN3O2/c1-15-22(30)21(16-5-3-2-4-6-16)23(27-24(31)17-7-9-18(25)10-8-17)29(28-15)20-13-11-19(26)12-14-20/h2-14H,1H3,(H,27,31). The van der Waals surface area contributed by atoms with Gasteiger partial charge in [0, 0.05) is 10.6 Å². The van der Waals surface area contributed by atoms with E-state index in [-0.39, 0.29) is 16.9 Å². The number of hydrogen-bond acceptors (Lipinski definition) is 3. The third-order valence-corrected chi connectivity index (χ3v) is 4.98. The van der Waals surface area contributed by atoms with Crippen molar-refractivity contribution in [1.82, 2.24) is 9.78 Å². The van der Waals surface area contributed by atoms with Gasteiger partial charge in [0.2, 0.25) is 5.43 Å². The molecule has 0 fully saturated rings. The highest BCUT2D eigenvalue weighted by molar-refractivity contribution is 6.30. The minimum absolute atomic E-state index is 0.188. The molecule has 3 aromatic carbocycles. The van der Waals surface area contributed by atoms with Crippen molar-refractivity contribution in [2.75, 3.05) is 5.32 Å². The molecule has 0 unspecified atom stereocenters. The molecule has 0 aliphatic heterocycles. The lowest BCUT2D eigenvalue weighted by Crippen LogP contribution is -2.25. The van der Waals surface area contributed by atoms with Crippen molar-refractivity contribution in [1.29, 1.82) is 0 Å². The van der Waals surface area contributed by atoms with E-state index in [1.165, 1.54) is 28.9 Å². The second-order valence-electron chi connectivity index (χ2n) is 6.85. The zero-order chi connectivity index (χ0) is 22.0. The van der Waals surface area contributed by atoms with Crippen LogP contribution in [0.4, 0.5) is 10.2 Å². The summed E-state index contributed by atoms with van der Waals surface area (Å²) in [5, 5.41) is 7.69. The van der Waals surface area contributed by atoms with Crippen molar-refractivity contribution in [3.63, 3.8) is 0 Å². The Bertz CT molecular complexity index is 1300. The molecule has 31 heavy (non-hydrogen) atoms. The number of nitrogens with one attached hydrogen (secondary N) is 1. The number of aromatic nitrogens is 2. The Labute approximate surface area is 182 Å². The van der Waals surface area contributed by atoms with Crippen LogP contribution in [0.1, 0.15) is 16.1 Å². The summed E-state index contributed by atoms with van der Waals surface area (Å²) >= 11 is 5.92. The summed E-state index contributed by atoms with van der Waals surface area (Å²) in [4.78, 5) is 26.1. The summed E-state index contributed by atoms with van der Waals surface area (Å²) < 4.78 is 14.9. The molecule has 4 rings (SSSR count). The summed E-state index contributed by atoms with van der Waals surface area (Å²) in [7, 11) is 0. The molecule has 0 aliphatic rings. The fraction of sp³-hybridized carbons (Fsp3) is 0.0417. The van der Waals surface area contributed by atoms with Crippen LogP contribution in [0.15, 0.2) is 83.7 Å². The largest absolute Gasteiger partial charge is 0.306 e. The van der Waals surface area contributed by atoms with Crippen LogP contribution >= 0.6 is 11.6 Å². The lowest BCUT2D eigenvalue weighted by Gasteiger charge is -2.18. The van der Waals surface area contributed by atoms with E-state index in [0.29, 0.717) is 27.4 Å². The molecule has 4 aromatic rings. The third-order valence-electron chi connectivity index (χ3n) is 4.73. The van der Waals surface area contributed by atoms with E-state index in [2.05, 4.69) is 10.4 Å². The number of anilines is 1. The zero-order valence-corrected chi connectivity index (χ0v) is 17.2. The topological polar surface area (TPSA) is 64.0 Å². The molecule has 0 aliphatic carbocycles. The maximum atomic E-state index is 13.5. The number of nitrogens with zero attached hydrogens (tertiary/aromatic N) is 2. The highest BCUT2D eigenvalue weighted by Gasteiger charge is 2.20. The van der Waals surface area contributed by atoms with Gasteiger partial charge in [-0.25, -0.2) is 9.07 Å². The number of aryl methyl sites for hydroxylation is 1. The number of benzene rings is 3. The van der Waals surface area contributed by atoms with Gasteiger partial charge in [-0.05, 0) is 61.0 Å². The molecule has 0 spiro atoms. The Kier molecular flexibility index (Phi) is 5.64. The second-order valence-corrected chi connectivity index (χ2v) is 7.29. The maximum Gasteiger partial charge on any atom is 0.256 e. The van der Waals surface area contributed by atoms with Gasteiger partial charge in [0.25, 0.3) is 5.91 Å². The molecule has 1 heterocycles. The summed E-state index contributed by atoms with van der Waals surface area (Å²) in [5.74, 6) is -0.653. The molecular weight excluding hydrogens is 417 g/mol. The van der Waals surface area contributed by atoms with Gasteiger partial charge in [-0.1, -0.05) is 41.9 Å². The lowest BCUT2D eigenvalue weighted by molar-refractivity contribution is 0.102. The monoisotopic (exact) mass is 433 g/mol. The Hall–Kier alpha value is -3.77. The second kappa shape index (κ2) is 8.53. The molecule has 1 N–H and O–H groups in total. The first-order valence-electron chi connectivity index (χ1n) is 9.46. The Balaban J connectivity index is 1.94. The average molecular weight is 434 g/mol. The molecule has 1 aromatic heterocycles. The SMILES string of the molecule is Cc1nn(-c2ccc(F)cc2)c(NC(=O)c2ccc(Cl)cc2)c(-c2ccccc2)c1=O. The summed E-state index contributed by atoms with van der Waals surface area (Å²) in [6.45, 7) is 1.60. The molecule has 154 valence electrons. The summed E-state index contributed by atoms with van der Waals surface area (Å²) in [6.07, 6.45) is 0. The van der Waals surface area contributed by atoms with Crippen LogP contribution in [0.2, 0.25) is 5.02 Å². The first-order chi connectivity index (χ1) is 14.9. The zero-order valence-electron chi connectivity index (χ0n) is 16.5. The normalized spacial score (nSPS) is 10.7. The Morgan fingerprint density at radius 2 is 1.61 bits per heavy atom. The smallest absolute Gasteiger partial charge is 0.256 e. The predicted molar refractivity (Wildman–Crippen MR) is 119 cm³/mol. The number of carbonyl (C=O) groups is 1. The van der Waals surface area contributed by atoms with Crippen molar-refractivity contribution in [3.05, 3.63) is 111 Å². The lowest BCUT2D eigenvalue weighted by atomic mass is 10.0. The molecule has 0 atom stereocenters. The van der Waals surface area contributed by atoms with Crippen LogP contribution in [-0.4, -0.2) is 15.7 Å². The highest BCUT2D eigenvalue weighted by atomic mass is 35.5. The van der Waals surface area contributed by atoms with Crippen LogP contribution in [0.25, 0.3) is 16.8 Å². The van der Waals surface area contributed by atoms with Crippen molar-refractivity contribution in [2.24, 2.45) is 0 Å². The van der Waals surface area contributed by atoms with E-state index in [1.54, 1.807) is 55.5 Å². The van der Waals surface area contributed by atoms with E-state index < -0.39 is 11.7 Å². The van der Waals surface area contributed by atoms with E-state index in [1.807, 2.05) is 6.07 Å². The predicted octanol–water partition coefficient (Wildman–Crippen LogP) is 5.25. The van der Waals surface area contributed by atoms with Gasteiger partial charge in [-0.15, -0.1) is 0 Å². The molecule has 5 nitrogen and oxygen atoms in total. The van der Waals surface area contributed by atoms with Crippen molar-refractivity contribution in [3.8, 4) is 16.8 Å². The van der Waals surface area contributed by atoms with E-state index in [9.17, 15) is 14.0 Å². The molecule has 0 bridgehead atoms. The number of carbonyl (C=O) groups excluding carboxylic acids is 1. The Morgan fingerprint density at radius 3 is 2.26 bits per heavy atom. The van der Waals surface area contributed by atoms with Crippen molar-refractivity contribution < 1.29 is 9.18 Å². The summed E-state index contributed by atoms with van der Waals surface area (Å²) in [6, 6.07) is 21.0. The van der Waals surface area contributed by atoms with Gasteiger partial charge in [0.1, 0.15) is 17.3 Å². The fourth-order valence-electron chi connectivity index (χ4n) is 3.18. The van der Waals surface area contributed by atoms with Gasteiger partial charge >= 0.3 is 0 Å². The number of halogens is 2. The first-order valence-corrected chi connectivity index (χ1v) is 9.84. The van der Waals surface area contributed by atoms with E-state index in [4.69, 9.17) is 11.6 Å². The molecule has 1 amide bonds. The third kappa shape index (κ3) is 4.25. The van der Waals surface area contributed by atoms with Gasteiger partial charge in [-0.3, -0.25) is 9.59 Å². The van der Waals surface area contributed by atoms with Crippen LogP contribution < -0.4 is 10.7 Å². The highest BCUT2D eigenvalue weighted by Crippen LogP contribution is 2.27. The van der Waals surface area contributed by atoms with Gasteiger partial charge < -0.3 is 5.32 Å². The van der Waals surface area contributed by atoms with Crippen LogP contribution in [-0.2, 0) is 0 Å². The van der Waals surface area contributed by atoms with Crippen molar-refractivity contribution in [2.45, 2.75) is 6.92 Å². The number of rotatable bonds is 4. The molecule has 0 saturated heterocycles. The van der Waals surface area contributed by atoms with Gasteiger partial charge in [0.05, 0.1) is 11.3 Å². The molecular formula is C24H17ClFN3O2. The van der Waals surface area contributed by atoms with Gasteiger partial charge in [-0.2, -0.15) is 5.10 Å². The minimum Gasteiger partial charge on any atom is -0.306 e. The van der Waals surface area contributed by atoms with Crippen molar-refractivity contribution >= 4 is 23.3 Å².